The van der Waals surface area contributed by atoms with Gasteiger partial charge in [0.1, 0.15) is 5.82 Å². The highest BCUT2D eigenvalue weighted by Crippen LogP contribution is 2.26. The third kappa shape index (κ3) is 4.93. The molecule has 3 aromatic rings. The Morgan fingerprint density at radius 3 is 2.33 bits per heavy atom. The number of carbonyl (C=O) groups is 2. The lowest BCUT2D eigenvalue weighted by molar-refractivity contribution is 0.0842. The van der Waals surface area contributed by atoms with Crippen LogP contribution in [-0.4, -0.2) is 16.8 Å². The molecule has 1 aromatic heterocycles. The van der Waals surface area contributed by atoms with Gasteiger partial charge in [-0.15, -0.1) is 23.1 Å². The first kappa shape index (κ1) is 19.1. The summed E-state index contributed by atoms with van der Waals surface area (Å²) in [5.41, 5.74) is 5.81. The number of thioether (sulfide) groups is 1. The Hall–Kier alpha value is -2.71. The number of hydrogen-bond acceptors (Lipinski definition) is 5. The van der Waals surface area contributed by atoms with Crippen molar-refractivity contribution in [2.75, 3.05) is 0 Å². The van der Waals surface area contributed by atoms with Crippen molar-refractivity contribution in [1.29, 1.82) is 0 Å². The predicted molar refractivity (Wildman–Crippen MR) is 104 cm³/mol. The molecular weight excluding hydrogens is 385 g/mol. The van der Waals surface area contributed by atoms with Crippen molar-refractivity contribution in [3.05, 3.63) is 81.6 Å². The molecule has 27 heavy (non-hydrogen) atoms. The van der Waals surface area contributed by atoms with Crippen LogP contribution < -0.4 is 10.9 Å². The number of aromatic nitrogens is 1. The lowest BCUT2D eigenvalue weighted by Crippen LogP contribution is -2.42. The molecular formula is C19H16FN3O2S2. The Kier molecular flexibility index (Phi) is 6.20. The molecule has 0 fully saturated rings. The fourth-order valence-electron chi connectivity index (χ4n) is 2.30. The second-order valence-corrected chi connectivity index (χ2v) is 7.61. The monoisotopic (exact) mass is 401 g/mol. The van der Waals surface area contributed by atoms with Crippen LogP contribution in [0.5, 0.6) is 0 Å². The minimum absolute atomic E-state index is 0.139. The van der Waals surface area contributed by atoms with Gasteiger partial charge in [0, 0.05) is 16.0 Å². The zero-order valence-corrected chi connectivity index (χ0v) is 16.0. The summed E-state index contributed by atoms with van der Waals surface area (Å²) < 4.78 is 13.6. The van der Waals surface area contributed by atoms with E-state index in [4.69, 9.17) is 0 Å². The molecule has 138 valence electrons. The van der Waals surface area contributed by atoms with Gasteiger partial charge in [-0.3, -0.25) is 20.4 Å². The SMILES string of the molecule is Cc1nc(CSc2ccccc2C(=O)NNC(=O)c2ccccc2F)cs1. The first-order chi connectivity index (χ1) is 13.0. The van der Waals surface area contributed by atoms with E-state index in [1.807, 2.05) is 24.4 Å². The minimum Gasteiger partial charge on any atom is -0.267 e. The van der Waals surface area contributed by atoms with Crippen LogP contribution in [0.25, 0.3) is 0 Å². The van der Waals surface area contributed by atoms with Gasteiger partial charge in [0.15, 0.2) is 0 Å². The van der Waals surface area contributed by atoms with E-state index in [1.165, 1.54) is 30.0 Å². The minimum atomic E-state index is -0.718. The van der Waals surface area contributed by atoms with Gasteiger partial charge in [0.2, 0.25) is 0 Å². The topological polar surface area (TPSA) is 71.1 Å². The molecule has 0 saturated heterocycles. The van der Waals surface area contributed by atoms with E-state index >= 15 is 0 Å². The molecule has 2 amide bonds. The number of halogens is 1. The summed E-state index contributed by atoms with van der Waals surface area (Å²) in [5, 5.41) is 2.98. The molecule has 1 heterocycles. The number of benzene rings is 2. The molecule has 3 rings (SSSR count). The highest BCUT2D eigenvalue weighted by atomic mass is 32.2. The van der Waals surface area contributed by atoms with Crippen molar-refractivity contribution >= 4 is 34.9 Å². The summed E-state index contributed by atoms with van der Waals surface area (Å²) in [6.07, 6.45) is 0. The van der Waals surface area contributed by atoms with Crippen LogP contribution >= 0.6 is 23.1 Å². The Labute approximate surface area is 164 Å². The van der Waals surface area contributed by atoms with Crippen LogP contribution in [0.1, 0.15) is 31.4 Å². The van der Waals surface area contributed by atoms with Crippen molar-refractivity contribution in [3.8, 4) is 0 Å². The number of nitrogens with zero attached hydrogens (tertiary/aromatic N) is 1. The van der Waals surface area contributed by atoms with Crippen molar-refractivity contribution in [3.63, 3.8) is 0 Å². The molecule has 0 atom stereocenters. The molecule has 0 aliphatic rings. The molecule has 0 bridgehead atoms. The van der Waals surface area contributed by atoms with Gasteiger partial charge >= 0.3 is 0 Å². The summed E-state index contributed by atoms with van der Waals surface area (Å²) >= 11 is 3.06. The molecule has 0 aliphatic carbocycles. The molecule has 2 N–H and O–H groups in total. The van der Waals surface area contributed by atoms with Crippen molar-refractivity contribution in [2.45, 2.75) is 17.6 Å². The van der Waals surface area contributed by atoms with Gasteiger partial charge in [-0.25, -0.2) is 9.37 Å². The quantitative estimate of drug-likeness (QED) is 0.502. The van der Waals surface area contributed by atoms with E-state index in [1.54, 1.807) is 29.5 Å². The van der Waals surface area contributed by atoms with Crippen LogP contribution in [0.2, 0.25) is 0 Å². The molecule has 0 radical (unpaired) electrons. The highest BCUT2D eigenvalue weighted by molar-refractivity contribution is 7.98. The molecule has 0 saturated carbocycles. The normalized spacial score (nSPS) is 10.4. The highest BCUT2D eigenvalue weighted by Gasteiger charge is 2.15. The largest absolute Gasteiger partial charge is 0.272 e. The maximum Gasteiger partial charge on any atom is 0.272 e. The maximum absolute atomic E-state index is 13.6. The summed E-state index contributed by atoms with van der Waals surface area (Å²) in [4.78, 5) is 29.6. The van der Waals surface area contributed by atoms with Gasteiger partial charge in [-0.1, -0.05) is 24.3 Å². The zero-order chi connectivity index (χ0) is 19.2. The fraction of sp³-hybridized carbons (Fsp3) is 0.105. The second kappa shape index (κ2) is 8.79. The Bertz CT molecular complexity index is 975. The summed E-state index contributed by atoms with van der Waals surface area (Å²) in [7, 11) is 0. The Morgan fingerprint density at radius 2 is 1.67 bits per heavy atom. The average Bonchev–Trinajstić information content (AvgIpc) is 3.10. The van der Waals surface area contributed by atoms with Gasteiger partial charge < -0.3 is 0 Å². The first-order valence-electron chi connectivity index (χ1n) is 8.02. The van der Waals surface area contributed by atoms with Gasteiger partial charge in [0.25, 0.3) is 11.8 Å². The second-order valence-electron chi connectivity index (χ2n) is 5.53. The van der Waals surface area contributed by atoms with Crippen LogP contribution in [0.3, 0.4) is 0 Å². The number of thiazole rings is 1. The van der Waals surface area contributed by atoms with Crippen LogP contribution in [0.15, 0.2) is 58.8 Å². The van der Waals surface area contributed by atoms with E-state index in [-0.39, 0.29) is 5.56 Å². The molecule has 8 heteroatoms. The smallest absolute Gasteiger partial charge is 0.267 e. The lowest BCUT2D eigenvalue weighted by Gasteiger charge is -2.11. The lowest BCUT2D eigenvalue weighted by atomic mass is 10.2. The molecule has 0 aliphatic heterocycles. The molecule has 2 aromatic carbocycles. The molecule has 5 nitrogen and oxygen atoms in total. The van der Waals surface area contributed by atoms with Gasteiger partial charge in [-0.2, -0.15) is 0 Å². The van der Waals surface area contributed by atoms with Gasteiger partial charge in [-0.05, 0) is 31.2 Å². The Balaban J connectivity index is 1.64. The van der Waals surface area contributed by atoms with Crippen molar-refractivity contribution < 1.29 is 14.0 Å². The van der Waals surface area contributed by atoms with Crippen molar-refractivity contribution in [1.82, 2.24) is 15.8 Å². The van der Waals surface area contributed by atoms with Crippen LogP contribution in [0.4, 0.5) is 4.39 Å². The van der Waals surface area contributed by atoms with E-state index in [9.17, 15) is 14.0 Å². The third-order valence-corrected chi connectivity index (χ3v) is 5.51. The fourth-order valence-corrected chi connectivity index (χ4v) is 3.96. The number of rotatable bonds is 5. The van der Waals surface area contributed by atoms with E-state index < -0.39 is 17.6 Å². The van der Waals surface area contributed by atoms with Crippen LogP contribution in [-0.2, 0) is 5.75 Å². The average molecular weight is 401 g/mol. The van der Waals surface area contributed by atoms with E-state index in [2.05, 4.69) is 15.8 Å². The number of carbonyl (C=O) groups excluding carboxylic acids is 2. The van der Waals surface area contributed by atoms with E-state index in [0.717, 1.165) is 15.6 Å². The molecule has 0 spiro atoms. The Morgan fingerprint density at radius 1 is 1.04 bits per heavy atom. The van der Waals surface area contributed by atoms with Crippen LogP contribution in [0, 0.1) is 12.7 Å². The standard InChI is InChI=1S/C19H16FN3O2S2/c1-12-21-13(10-26-12)11-27-17-9-5-3-7-15(17)19(25)23-22-18(24)14-6-2-4-8-16(14)20/h2-10H,11H2,1H3,(H,22,24)(H,23,25). The maximum atomic E-state index is 13.6. The number of amides is 2. The van der Waals surface area contributed by atoms with E-state index in [0.29, 0.717) is 11.3 Å². The summed E-state index contributed by atoms with van der Waals surface area (Å²) in [6, 6.07) is 12.6. The van der Waals surface area contributed by atoms with Crippen molar-refractivity contribution in [2.24, 2.45) is 0 Å². The predicted octanol–water partition coefficient (Wildman–Crippen LogP) is 3.96. The number of aryl methyl sites for hydroxylation is 1. The third-order valence-electron chi connectivity index (χ3n) is 3.58. The number of hydrazine groups is 1. The summed E-state index contributed by atoms with van der Waals surface area (Å²) in [6.45, 7) is 1.94. The number of nitrogens with one attached hydrogen (secondary N) is 2. The summed E-state index contributed by atoms with van der Waals surface area (Å²) in [5.74, 6) is -1.21. The number of hydrogen-bond donors (Lipinski definition) is 2. The first-order valence-corrected chi connectivity index (χ1v) is 9.89. The zero-order valence-electron chi connectivity index (χ0n) is 14.4. The van der Waals surface area contributed by atoms with Gasteiger partial charge in [0.05, 0.1) is 21.8 Å². The molecule has 0 unspecified atom stereocenters.